The number of carbonyl (C=O) groups is 1. The van der Waals surface area contributed by atoms with Gasteiger partial charge in [0.1, 0.15) is 5.82 Å². The number of benzene rings is 1. The quantitative estimate of drug-likeness (QED) is 0.858. The Morgan fingerprint density at radius 2 is 2.10 bits per heavy atom. The van der Waals surface area contributed by atoms with Crippen LogP contribution in [0.15, 0.2) is 23.4 Å². The Balaban J connectivity index is 2.50. The van der Waals surface area contributed by atoms with Crippen molar-refractivity contribution in [2.75, 3.05) is 5.75 Å². The zero-order valence-corrected chi connectivity index (χ0v) is 12.6. The average Bonchev–Trinajstić information content (AvgIpc) is 2.82. The molecule has 2 aromatic rings. The van der Waals surface area contributed by atoms with Gasteiger partial charge in [0, 0.05) is 6.42 Å². The summed E-state index contributed by atoms with van der Waals surface area (Å²) < 4.78 is 1.95. The fourth-order valence-corrected chi connectivity index (χ4v) is 2.64. The average molecular weight is 291 g/mol. The fourth-order valence-electron chi connectivity index (χ4n) is 1.95. The van der Waals surface area contributed by atoms with Gasteiger partial charge in [0.05, 0.1) is 11.4 Å². The number of hydrogen-bond donors (Lipinski definition) is 1. The zero-order chi connectivity index (χ0) is 14.7. The minimum absolute atomic E-state index is 0.0211. The number of nitrogens with zero attached hydrogens (tertiary/aromatic N) is 3. The van der Waals surface area contributed by atoms with Crippen LogP contribution in [0.5, 0.6) is 0 Å². The first kappa shape index (κ1) is 14.6. The summed E-state index contributed by atoms with van der Waals surface area (Å²) in [6.07, 6.45) is 0.744. The molecule has 0 radical (unpaired) electrons. The summed E-state index contributed by atoms with van der Waals surface area (Å²) in [5.41, 5.74) is 3.28. The van der Waals surface area contributed by atoms with E-state index in [1.165, 1.54) is 11.8 Å². The van der Waals surface area contributed by atoms with E-state index in [2.05, 4.69) is 28.4 Å². The van der Waals surface area contributed by atoms with Gasteiger partial charge in [-0.2, -0.15) is 0 Å². The Labute approximate surface area is 122 Å². The SMILES string of the molecule is CCc1nnc(SCC(=O)O)n1-c1cc(C)ccc1C. The second-order valence-electron chi connectivity index (χ2n) is 4.56. The van der Waals surface area contributed by atoms with Gasteiger partial charge in [-0.25, -0.2) is 0 Å². The maximum Gasteiger partial charge on any atom is 0.313 e. The number of thioether (sulfide) groups is 1. The Morgan fingerprint density at radius 3 is 2.75 bits per heavy atom. The lowest BCUT2D eigenvalue weighted by atomic mass is 10.1. The molecule has 5 nitrogen and oxygen atoms in total. The van der Waals surface area contributed by atoms with Crippen molar-refractivity contribution in [1.82, 2.24) is 14.8 Å². The van der Waals surface area contributed by atoms with Crippen LogP contribution in [0.2, 0.25) is 0 Å². The number of hydrogen-bond acceptors (Lipinski definition) is 4. The molecule has 0 saturated carbocycles. The van der Waals surface area contributed by atoms with Crippen LogP contribution in [-0.4, -0.2) is 31.6 Å². The molecule has 0 aliphatic carbocycles. The van der Waals surface area contributed by atoms with E-state index in [1.807, 2.05) is 25.3 Å². The molecule has 106 valence electrons. The van der Waals surface area contributed by atoms with Gasteiger partial charge in [-0.3, -0.25) is 9.36 Å². The summed E-state index contributed by atoms with van der Waals surface area (Å²) >= 11 is 1.19. The summed E-state index contributed by atoms with van der Waals surface area (Å²) in [5, 5.41) is 17.7. The van der Waals surface area contributed by atoms with Gasteiger partial charge in [0.2, 0.25) is 0 Å². The molecule has 6 heteroatoms. The standard InChI is InChI=1S/C14H17N3O2S/c1-4-12-15-16-14(20-8-13(18)19)17(12)11-7-9(2)5-6-10(11)3/h5-7H,4,8H2,1-3H3,(H,18,19). The number of carboxylic acids is 1. The highest BCUT2D eigenvalue weighted by Crippen LogP contribution is 2.25. The van der Waals surface area contributed by atoms with Crippen LogP contribution in [0.1, 0.15) is 23.9 Å². The van der Waals surface area contributed by atoms with Crippen LogP contribution in [0, 0.1) is 13.8 Å². The maximum atomic E-state index is 10.7. The largest absolute Gasteiger partial charge is 0.481 e. The Hall–Kier alpha value is -1.82. The Kier molecular flexibility index (Phi) is 4.44. The minimum atomic E-state index is -0.858. The van der Waals surface area contributed by atoms with Crippen LogP contribution in [0.4, 0.5) is 0 Å². The van der Waals surface area contributed by atoms with E-state index in [0.717, 1.165) is 29.1 Å². The van der Waals surface area contributed by atoms with Crippen LogP contribution >= 0.6 is 11.8 Å². The number of aryl methyl sites for hydroxylation is 3. The third-order valence-electron chi connectivity index (χ3n) is 2.95. The molecule has 2 rings (SSSR count). The molecular weight excluding hydrogens is 274 g/mol. The van der Waals surface area contributed by atoms with E-state index < -0.39 is 5.97 Å². The molecule has 1 N–H and O–H groups in total. The Morgan fingerprint density at radius 1 is 1.35 bits per heavy atom. The molecule has 0 amide bonds. The highest BCUT2D eigenvalue weighted by atomic mass is 32.2. The van der Waals surface area contributed by atoms with E-state index in [1.54, 1.807) is 0 Å². The van der Waals surface area contributed by atoms with E-state index in [0.29, 0.717) is 5.16 Å². The van der Waals surface area contributed by atoms with Crippen LogP contribution < -0.4 is 0 Å². The number of aliphatic carboxylic acids is 1. The summed E-state index contributed by atoms with van der Waals surface area (Å²) in [5.74, 6) is -0.0395. The van der Waals surface area contributed by atoms with Crippen molar-refractivity contribution in [2.45, 2.75) is 32.3 Å². The summed E-state index contributed by atoms with van der Waals surface area (Å²) in [6, 6.07) is 6.18. The van der Waals surface area contributed by atoms with Crippen molar-refractivity contribution in [3.05, 3.63) is 35.2 Å². The summed E-state index contributed by atoms with van der Waals surface area (Å²) in [6.45, 7) is 6.07. The molecule has 0 unspecified atom stereocenters. The van der Waals surface area contributed by atoms with Crippen LogP contribution in [-0.2, 0) is 11.2 Å². The molecule has 0 spiro atoms. The van der Waals surface area contributed by atoms with Crippen molar-refractivity contribution < 1.29 is 9.90 Å². The van der Waals surface area contributed by atoms with Crippen LogP contribution in [0.25, 0.3) is 5.69 Å². The molecule has 0 bridgehead atoms. The predicted molar refractivity (Wildman–Crippen MR) is 78.6 cm³/mol. The topological polar surface area (TPSA) is 68.0 Å². The fraction of sp³-hybridized carbons (Fsp3) is 0.357. The molecule has 0 atom stereocenters. The normalized spacial score (nSPS) is 10.8. The molecule has 1 heterocycles. The first-order chi connectivity index (χ1) is 9.52. The minimum Gasteiger partial charge on any atom is -0.481 e. The molecule has 20 heavy (non-hydrogen) atoms. The van der Waals surface area contributed by atoms with Gasteiger partial charge in [-0.15, -0.1) is 10.2 Å². The maximum absolute atomic E-state index is 10.7. The highest BCUT2D eigenvalue weighted by molar-refractivity contribution is 7.99. The lowest BCUT2D eigenvalue weighted by Gasteiger charge is -2.12. The van der Waals surface area contributed by atoms with Gasteiger partial charge in [0.15, 0.2) is 5.16 Å². The van der Waals surface area contributed by atoms with Gasteiger partial charge in [-0.1, -0.05) is 30.8 Å². The lowest BCUT2D eigenvalue weighted by molar-refractivity contribution is -0.133. The van der Waals surface area contributed by atoms with Gasteiger partial charge >= 0.3 is 5.97 Å². The molecule has 1 aromatic carbocycles. The molecule has 0 aliphatic rings. The molecule has 0 saturated heterocycles. The van der Waals surface area contributed by atoms with Crippen LogP contribution in [0.3, 0.4) is 0 Å². The first-order valence-electron chi connectivity index (χ1n) is 6.39. The van der Waals surface area contributed by atoms with E-state index >= 15 is 0 Å². The third kappa shape index (κ3) is 3.01. The van der Waals surface area contributed by atoms with E-state index in [-0.39, 0.29) is 5.75 Å². The molecule has 0 fully saturated rings. The second-order valence-corrected chi connectivity index (χ2v) is 5.50. The summed E-state index contributed by atoms with van der Waals surface area (Å²) in [4.78, 5) is 10.7. The lowest BCUT2D eigenvalue weighted by Crippen LogP contribution is -2.06. The first-order valence-corrected chi connectivity index (χ1v) is 7.38. The second kappa shape index (κ2) is 6.09. The third-order valence-corrected chi connectivity index (χ3v) is 3.86. The van der Waals surface area contributed by atoms with Crippen molar-refractivity contribution in [1.29, 1.82) is 0 Å². The van der Waals surface area contributed by atoms with Gasteiger partial charge in [0.25, 0.3) is 0 Å². The molecular formula is C14H17N3O2S. The monoisotopic (exact) mass is 291 g/mol. The number of aromatic nitrogens is 3. The zero-order valence-electron chi connectivity index (χ0n) is 11.8. The van der Waals surface area contributed by atoms with Crippen molar-refractivity contribution in [3.8, 4) is 5.69 Å². The highest BCUT2D eigenvalue weighted by Gasteiger charge is 2.16. The molecule has 0 aliphatic heterocycles. The summed E-state index contributed by atoms with van der Waals surface area (Å²) in [7, 11) is 0. The van der Waals surface area contributed by atoms with Crippen molar-refractivity contribution in [2.24, 2.45) is 0 Å². The number of carboxylic acid groups (broad SMARTS) is 1. The Bertz CT molecular complexity index is 637. The predicted octanol–water partition coefficient (Wildman–Crippen LogP) is 2.62. The molecule has 1 aromatic heterocycles. The smallest absolute Gasteiger partial charge is 0.313 e. The van der Waals surface area contributed by atoms with Gasteiger partial charge < -0.3 is 5.11 Å². The van der Waals surface area contributed by atoms with Crippen molar-refractivity contribution >= 4 is 17.7 Å². The number of rotatable bonds is 5. The van der Waals surface area contributed by atoms with E-state index in [4.69, 9.17) is 5.11 Å². The van der Waals surface area contributed by atoms with Gasteiger partial charge in [-0.05, 0) is 31.0 Å². The van der Waals surface area contributed by atoms with Crippen molar-refractivity contribution in [3.63, 3.8) is 0 Å². The van der Waals surface area contributed by atoms with E-state index in [9.17, 15) is 4.79 Å².